The van der Waals surface area contributed by atoms with Crippen LogP contribution in [0.25, 0.3) is 0 Å². The Hall–Kier alpha value is -1.60. The van der Waals surface area contributed by atoms with Gasteiger partial charge >= 0.3 is 0 Å². The van der Waals surface area contributed by atoms with E-state index in [1.54, 1.807) is 28.6 Å². The lowest BCUT2D eigenvalue weighted by Gasteiger charge is -2.15. The first-order valence-electron chi connectivity index (χ1n) is 7.71. The van der Waals surface area contributed by atoms with Gasteiger partial charge in [-0.3, -0.25) is 0 Å². The largest absolute Gasteiger partial charge is 0.370 e. The summed E-state index contributed by atoms with van der Waals surface area (Å²) in [7, 11) is -3.33. The zero-order chi connectivity index (χ0) is 15.6. The van der Waals surface area contributed by atoms with E-state index in [-0.39, 0.29) is 0 Å². The summed E-state index contributed by atoms with van der Waals surface area (Å²) in [6.45, 7) is 1.70. The van der Waals surface area contributed by atoms with E-state index in [0.29, 0.717) is 36.5 Å². The molecule has 0 amide bonds. The highest BCUT2D eigenvalue weighted by molar-refractivity contribution is 7.89. The summed E-state index contributed by atoms with van der Waals surface area (Å²) in [5.74, 6) is 0.455. The Morgan fingerprint density at radius 2 is 1.86 bits per heavy atom. The average Bonchev–Trinajstić information content (AvgIpc) is 3.14. The van der Waals surface area contributed by atoms with Gasteiger partial charge in [-0.05, 0) is 43.4 Å². The minimum atomic E-state index is -3.33. The molecule has 0 radical (unpaired) electrons. The smallest absolute Gasteiger partial charge is 0.243 e. The molecule has 2 fully saturated rings. The van der Waals surface area contributed by atoms with E-state index in [9.17, 15) is 8.42 Å². The Balaban J connectivity index is 1.64. The maximum atomic E-state index is 12.4. The predicted octanol–water partition coefficient (Wildman–Crippen LogP) is 1.04. The number of nitrogens with two attached hydrogens (primary N) is 1. The normalized spacial score (nSPS) is 20.3. The van der Waals surface area contributed by atoms with E-state index in [2.05, 4.69) is 10.3 Å². The van der Waals surface area contributed by atoms with Gasteiger partial charge in [0, 0.05) is 19.1 Å². The first kappa shape index (κ1) is 15.3. The highest BCUT2D eigenvalue weighted by Gasteiger charge is 2.26. The van der Waals surface area contributed by atoms with Gasteiger partial charge in [-0.1, -0.05) is 12.1 Å². The molecule has 0 bridgehead atoms. The van der Waals surface area contributed by atoms with E-state index in [1.165, 1.54) is 0 Å². The standard InChI is InChI=1S/C15H22N4O2S/c16-15(18-13-5-6-13)17-11-12-3-7-14(8-4-12)22(20,21)19-9-1-2-10-19/h3-4,7-8,13H,1-2,5-6,9-11H2,(H3,16,17,18). The van der Waals surface area contributed by atoms with Crippen LogP contribution in [0, 0.1) is 0 Å². The van der Waals surface area contributed by atoms with Crippen molar-refractivity contribution in [2.45, 2.75) is 43.2 Å². The monoisotopic (exact) mass is 322 g/mol. The third-order valence-corrected chi connectivity index (χ3v) is 5.90. The molecule has 0 aromatic heterocycles. The second-order valence-corrected chi connectivity index (χ2v) is 7.81. The quantitative estimate of drug-likeness (QED) is 0.626. The zero-order valence-corrected chi connectivity index (χ0v) is 13.3. The van der Waals surface area contributed by atoms with Crippen LogP contribution in [0.1, 0.15) is 31.2 Å². The molecule has 0 atom stereocenters. The maximum Gasteiger partial charge on any atom is 0.243 e. The number of hydrogen-bond acceptors (Lipinski definition) is 3. The van der Waals surface area contributed by atoms with Crippen molar-refractivity contribution in [3.63, 3.8) is 0 Å². The molecule has 1 aliphatic carbocycles. The molecule has 1 aliphatic heterocycles. The van der Waals surface area contributed by atoms with Crippen molar-refractivity contribution in [2.24, 2.45) is 10.7 Å². The summed E-state index contributed by atoms with van der Waals surface area (Å²) >= 11 is 0. The van der Waals surface area contributed by atoms with E-state index >= 15 is 0 Å². The van der Waals surface area contributed by atoms with Crippen LogP contribution < -0.4 is 11.1 Å². The van der Waals surface area contributed by atoms with E-state index in [0.717, 1.165) is 31.2 Å². The molecule has 3 rings (SSSR count). The molecule has 1 saturated heterocycles. The Bertz CT molecular complexity index is 645. The van der Waals surface area contributed by atoms with Gasteiger partial charge in [0.2, 0.25) is 10.0 Å². The van der Waals surface area contributed by atoms with Crippen LogP contribution in [0.15, 0.2) is 34.2 Å². The van der Waals surface area contributed by atoms with Crippen molar-refractivity contribution < 1.29 is 8.42 Å². The van der Waals surface area contributed by atoms with E-state index in [4.69, 9.17) is 5.73 Å². The van der Waals surface area contributed by atoms with Crippen molar-refractivity contribution >= 4 is 16.0 Å². The molecular weight excluding hydrogens is 300 g/mol. The van der Waals surface area contributed by atoms with Crippen molar-refractivity contribution in [1.82, 2.24) is 9.62 Å². The van der Waals surface area contributed by atoms with Gasteiger partial charge < -0.3 is 11.1 Å². The van der Waals surface area contributed by atoms with Crippen molar-refractivity contribution in [3.05, 3.63) is 29.8 Å². The van der Waals surface area contributed by atoms with Crippen LogP contribution in [0.2, 0.25) is 0 Å². The fraction of sp³-hybridized carbons (Fsp3) is 0.533. The Kier molecular flexibility index (Phi) is 4.35. The summed E-state index contributed by atoms with van der Waals surface area (Å²) in [5.41, 5.74) is 6.73. The first-order valence-corrected chi connectivity index (χ1v) is 9.15. The SMILES string of the molecule is NC(=NCc1ccc(S(=O)(=O)N2CCCC2)cc1)NC1CC1. The summed E-state index contributed by atoms with van der Waals surface area (Å²) in [6, 6.07) is 7.40. The van der Waals surface area contributed by atoms with E-state index in [1.807, 2.05) is 0 Å². The molecule has 1 heterocycles. The molecule has 1 saturated carbocycles. The molecule has 6 nitrogen and oxygen atoms in total. The number of rotatable bonds is 5. The number of guanidine groups is 1. The molecule has 0 spiro atoms. The minimum absolute atomic E-state index is 0.353. The molecule has 120 valence electrons. The first-order chi connectivity index (χ1) is 10.6. The molecule has 22 heavy (non-hydrogen) atoms. The van der Waals surface area contributed by atoms with Gasteiger partial charge in [0.05, 0.1) is 11.4 Å². The number of nitrogens with one attached hydrogen (secondary N) is 1. The van der Waals surface area contributed by atoms with Crippen molar-refractivity contribution in [2.75, 3.05) is 13.1 Å². The maximum absolute atomic E-state index is 12.4. The highest BCUT2D eigenvalue weighted by Crippen LogP contribution is 2.21. The second-order valence-electron chi connectivity index (χ2n) is 5.88. The number of nitrogens with zero attached hydrogens (tertiary/aromatic N) is 2. The molecule has 1 aromatic rings. The third kappa shape index (κ3) is 3.59. The lowest BCUT2D eigenvalue weighted by molar-refractivity contribution is 0.477. The molecule has 2 aliphatic rings. The topological polar surface area (TPSA) is 87.8 Å². The van der Waals surface area contributed by atoms with Gasteiger partial charge in [-0.2, -0.15) is 4.31 Å². The lowest BCUT2D eigenvalue weighted by atomic mass is 10.2. The molecule has 7 heteroatoms. The van der Waals surface area contributed by atoms with Crippen molar-refractivity contribution in [3.8, 4) is 0 Å². The number of aliphatic imine (C=N–C) groups is 1. The third-order valence-electron chi connectivity index (χ3n) is 3.99. The number of sulfonamides is 1. The Labute approximate surface area is 131 Å². The summed E-state index contributed by atoms with van der Waals surface area (Å²) in [4.78, 5) is 4.62. The summed E-state index contributed by atoms with van der Waals surface area (Å²) in [6.07, 6.45) is 4.19. The van der Waals surface area contributed by atoms with Gasteiger partial charge in [-0.15, -0.1) is 0 Å². The van der Waals surface area contributed by atoms with Crippen molar-refractivity contribution in [1.29, 1.82) is 0 Å². The Morgan fingerprint density at radius 3 is 2.45 bits per heavy atom. The molecule has 0 unspecified atom stereocenters. The fourth-order valence-corrected chi connectivity index (χ4v) is 4.02. The summed E-state index contributed by atoms with van der Waals surface area (Å²) < 4.78 is 26.4. The van der Waals surface area contributed by atoms with Gasteiger partial charge in [-0.25, -0.2) is 13.4 Å². The molecule has 1 aromatic carbocycles. The number of hydrogen-bond donors (Lipinski definition) is 2. The van der Waals surface area contributed by atoms with Crippen LogP contribution in [-0.4, -0.2) is 37.8 Å². The van der Waals surface area contributed by atoms with Crippen LogP contribution in [0.4, 0.5) is 0 Å². The zero-order valence-electron chi connectivity index (χ0n) is 12.5. The van der Waals surface area contributed by atoms with Crippen LogP contribution in [0.3, 0.4) is 0 Å². The van der Waals surface area contributed by atoms with Crippen LogP contribution >= 0.6 is 0 Å². The van der Waals surface area contributed by atoms with E-state index < -0.39 is 10.0 Å². The molecular formula is C15H22N4O2S. The van der Waals surface area contributed by atoms with Gasteiger partial charge in [0.25, 0.3) is 0 Å². The minimum Gasteiger partial charge on any atom is -0.370 e. The highest BCUT2D eigenvalue weighted by atomic mass is 32.2. The molecule has 3 N–H and O–H groups in total. The van der Waals surface area contributed by atoms with Gasteiger partial charge in [0.1, 0.15) is 0 Å². The predicted molar refractivity (Wildman–Crippen MR) is 85.9 cm³/mol. The fourth-order valence-electron chi connectivity index (χ4n) is 2.50. The average molecular weight is 322 g/mol. The Morgan fingerprint density at radius 1 is 1.23 bits per heavy atom. The second kappa shape index (κ2) is 6.26. The summed E-state index contributed by atoms with van der Waals surface area (Å²) in [5, 5.41) is 3.12. The number of benzene rings is 1. The van der Waals surface area contributed by atoms with Crippen LogP contribution in [-0.2, 0) is 16.6 Å². The van der Waals surface area contributed by atoms with Gasteiger partial charge in [0.15, 0.2) is 5.96 Å². The van der Waals surface area contributed by atoms with Crippen LogP contribution in [0.5, 0.6) is 0 Å². The lowest BCUT2D eigenvalue weighted by Crippen LogP contribution is -2.33.